The molecule has 0 aromatic carbocycles. The molecule has 1 aliphatic rings. The van der Waals surface area contributed by atoms with Crippen molar-refractivity contribution >= 4 is 8.32 Å². The molecule has 1 saturated heterocycles. The van der Waals surface area contributed by atoms with Crippen LogP contribution in [0.5, 0.6) is 0 Å². The summed E-state index contributed by atoms with van der Waals surface area (Å²) in [5.74, 6) is 0.141. The van der Waals surface area contributed by atoms with Gasteiger partial charge in [0.05, 0.1) is 6.61 Å². The first-order valence-corrected chi connectivity index (χ1v) is 8.64. The molecule has 3 nitrogen and oxygen atoms in total. The third kappa shape index (κ3) is 4.44. The fourth-order valence-corrected chi connectivity index (χ4v) is 2.23. The summed E-state index contributed by atoms with van der Waals surface area (Å²) in [6.45, 7) is 13.0. The zero-order chi connectivity index (χ0) is 11.6. The molecule has 0 aromatic heterocycles. The van der Waals surface area contributed by atoms with Crippen LogP contribution in [-0.4, -0.2) is 32.2 Å². The summed E-state index contributed by atoms with van der Waals surface area (Å²) in [6.07, 6.45) is -0.423. The van der Waals surface area contributed by atoms with E-state index < -0.39 is 14.4 Å². The van der Waals surface area contributed by atoms with Gasteiger partial charge in [-0.1, -0.05) is 20.8 Å². The van der Waals surface area contributed by atoms with Crippen LogP contribution >= 0.6 is 0 Å². The van der Waals surface area contributed by atoms with Gasteiger partial charge in [0.15, 0.2) is 8.32 Å². The van der Waals surface area contributed by atoms with E-state index >= 15 is 0 Å². The van der Waals surface area contributed by atoms with Crippen molar-refractivity contribution in [3.63, 3.8) is 0 Å². The maximum absolute atomic E-state index is 9.48. The van der Waals surface area contributed by atoms with Crippen LogP contribution in [0.1, 0.15) is 20.8 Å². The smallest absolute Gasteiger partial charge is 0.189 e. The Balaban J connectivity index is 0.00000225. The van der Waals surface area contributed by atoms with Crippen LogP contribution in [0.2, 0.25) is 18.6 Å². The van der Waals surface area contributed by atoms with Crippen molar-refractivity contribution in [2.45, 2.75) is 51.6 Å². The molecule has 1 fully saturated rings. The number of rotatable bonds is 4. The summed E-state index contributed by atoms with van der Waals surface area (Å²) >= 11 is 0. The van der Waals surface area contributed by atoms with Gasteiger partial charge in [-0.05, 0) is 30.7 Å². The molecule has 0 saturated carbocycles. The normalized spacial score (nSPS) is 30.6. The number of hydrogen-bond donors (Lipinski definition) is 1. The van der Waals surface area contributed by atoms with E-state index in [2.05, 4.69) is 26.9 Å². The predicted molar refractivity (Wildman–Crippen MR) is 62.9 cm³/mol. The minimum Gasteiger partial charge on any atom is -0.545 e. The van der Waals surface area contributed by atoms with E-state index in [9.17, 15) is 5.11 Å². The SMILES string of the molecule is CC1C(O)[CH-]OC1CO[Si](C)(C)C(C)C.[U]. The maximum Gasteiger partial charge on any atom is 0.189 e. The van der Waals surface area contributed by atoms with Gasteiger partial charge in [-0.15, -0.1) is 0 Å². The molecular formula is C11H23O3SiU-. The summed E-state index contributed by atoms with van der Waals surface area (Å²) in [7, 11) is -1.58. The predicted octanol–water partition coefficient (Wildman–Crippen LogP) is 2.18. The maximum atomic E-state index is 9.48. The van der Waals surface area contributed by atoms with Crippen molar-refractivity contribution in [1.29, 1.82) is 0 Å². The first kappa shape index (κ1) is 17.1. The average Bonchev–Trinajstić information content (AvgIpc) is 2.45. The Labute approximate surface area is 124 Å². The standard InChI is InChI=1S/C11H23O3Si.U/c1-8(2)15(4,5)14-7-11-9(3)10(12)6-13-11;/h6,8-12H,7H2,1-5H3;/q-1;. The van der Waals surface area contributed by atoms with E-state index in [-0.39, 0.29) is 43.1 Å². The summed E-state index contributed by atoms with van der Waals surface area (Å²) < 4.78 is 11.4. The molecule has 16 heavy (non-hydrogen) atoms. The van der Waals surface area contributed by atoms with Crippen molar-refractivity contribution in [3.05, 3.63) is 6.61 Å². The molecule has 0 bridgehead atoms. The van der Waals surface area contributed by atoms with Crippen LogP contribution in [0, 0.1) is 43.6 Å². The zero-order valence-corrected chi connectivity index (χ0v) is 16.0. The third-order valence-electron chi connectivity index (χ3n) is 3.53. The van der Waals surface area contributed by atoms with Crippen LogP contribution in [0.3, 0.4) is 0 Å². The number of hydrogen-bond acceptors (Lipinski definition) is 3. The van der Waals surface area contributed by atoms with Crippen molar-refractivity contribution in [2.75, 3.05) is 6.61 Å². The second-order valence-electron chi connectivity index (χ2n) is 5.23. The number of aliphatic hydroxyl groups is 1. The molecule has 3 unspecified atom stereocenters. The van der Waals surface area contributed by atoms with Gasteiger partial charge in [0.2, 0.25) is 0 Å². The molecule has 1 rings (SSSR count). The topological polar surface area (TPSA) is 38.7 Å². The van der Waals surface area contributed by atoms with Crippen LogP contribution in [0.25, 0.3) is 0 Å². The molecule has 1 aliphatic heterocycles. The summed E-state index contributed by atoms with van der Waals surface area (Å²) in [5.41, 5.74) is 0.600. The molecule has 0 radical (unpaired) electrons. The molecule has 0 spiro atoms. The zero-order valence-electron chi connectivity index (χ0n) is 10.9. The minimum atomic E-state index is -1.58. The Morgan fingerprint density at radius 2 is 2.00 bits per heavy atom. The second-order valence-corrected chi connectivity index (χ2v) is 9.88. The van der Waals surface area contributed by atoms with Gasteiger partial charge in [-0.25, -0.2) is 0 Å². The summed E-state index contributed by atoms with van der Waals surface area (Å²) in [4.78, 5) is 0. The Morgan fingerprint density at radius 1 is 1.44 bits per heavy atom. The summed E-state index contributed by atoms with van der Waals surface area (Å²) in [5, 5.41) is 9.48. The molecule has 5 heteroatoms. The fraction of sp³-hybridized carbons (Fsp3) is 0.909. The summed E-state index contributed by atoms with van der Waals surface area (Å²) in [6, 6.07) is 0. The molecule has 94 valence electrons. The molecule has 0 aliphatic carbocycles. The quantitative estimate of drug-likeness (QED) is 0.507. The van der Waals surface area contributed by atoms with Gasteiger partial charge in [0.1, 0.15) is 0 Å². The van der Waals surface area contributed by atoms with Crippen LogP contribution < -0.4 is 0 Å². The largest absolute Gasteiger partial charge is 0.545 e. The fourth-order valence-electron chi connectivity index (χ4n) is 1.30. The van der Waals surface area contributed by atoms with Crippen molar-refractivity contribution in [1.82, 2.24) is 0 Å². The van der Waals surface area contributed by atoms with E-state index in [4.69, 9.17) is 9.16 Å². The van der Waals surface area contributed by atoms with Gasteiger partial charge in [-0.3, -0.25) is 0 Å². The van der Waals surface area contributed by atoms with Gasteiger partial charge in [0, 0.05) is 37.2 Å². The Hall–Kier alpha value is 1.15. The van der Waals surface area contributed by atoms with Crippen LogP contribution in [0.15, 0.2) is 0 Å². The van der Waals surface area contributed by atoms with E-state index in [1.54, 1.807) is 0 Å². The van der Waals surface area contributed by atoms with Crippen molar-refractivity contribution < 1.29 is 45.4 Å². The van der Waals surface area contributed by atoms with Crippen molar-refractivity contribution in [3.8, 4) is 0 Å². The molecule has 0 amide bonds. The van der Waals surface area contributed by atoms with Crippen LogP contribution in [0.4, 0.5) is 0 Å². The minimum absolute atomic E-state index is 0. The van der Waals surface area contributed by atoms with E-state index in [1.807, 2.05) is 6.92 Å². The van der Waals surface area contributed by atoms with Crippen LogP contribution in [-0.2, 0) is 9.16 Å². The second kappa shape index (κ2) is 6.92. The Morgan fingerprint density at radius 3 is 2.38 bits per heavy atom. The van der Waals surface area contributed by atoms with Gasteiger partial charge in [0.25, 0.3) is 0 Å². The Bertz CT molecular complexity index is 211. The van der Waals surface area contributed by atoms with E-state index in [0.717, 1.165) is 0 Å². The van der Waals surface area contributed by atoms with Crippen molar-refractivity contribution in [2.24, 2.45) is 5.92 Å². The molecule has 0 aromatic rings. The first-order chi connectivity index (χ1) is 6.84. The molecular weight excluding hydrogens is 446 g/mol. The van der Waals surface area contributed by atoms with Gasteiger partial charge >= 0.3 is 0 Å². The molecule has 1 N–H and O–H groups in total. The Kier molecular flexibility index (Phi) is 7.41. The third-order valence-corrected chi connectivity index (χ3v) is 7.22. The van der Waals surface area contributed by atoms with E-state index in [0.29, 0.717) is 12.1 Å². The monoisotopic (exact) mass is 469 g/mol. The molecule has 1 heterocycles. The first-order valence-electron chi connectivity index (χ1n) is 5.65. The molecule has 3 atom stereocenters. The van der Waals surface area contributed by atoms with E-state index in [1.165, 1.54) is 6.61 Å². The van der Waals surface area contributed by atoms with Gasteiger partial charge in [-0.2, -0.15) is 6.61 Å². The number of aliphatic hydroxyl groups excluding tert-OH is 1. The average molecular weight is 469 g/mol. The van der Waals surface area contributed by atoms with Gasteiger partial charge < -0.3 is 14.3 Å². The number of ether oxygens (including phenoxy) is 1.